The van der Waals surface area contributed by atoms with Crippen LogP contribution >= 0.6 is 0 Å². The zero-order chi connectivity index (χ0) is 13.8. The van der Waals surface area contributed by atoms with E-state index in [0.29, 0.717) is 0 Å². The molecule has 0 unspecified atom stereocenters. The number of hydrogen-bond donors (Lipinski definition) is 1. The first-order valence-corrected chi connectivity index (χ1v) is 7.73. The van der Waals surface area contributed by atoms with E-state index in [9.17, 15) is 0 Å². The minimum atomic E-state index is 0.983. The Hall–Kier alpha value is -1.39. The van der Waals surface area contributed by atoms with Gasteiger partial charge in [-0.1, -0.05) is 6.07 Å². The second-order valence-electron chi connectivity index (χ2n) is 5.55. The molecule has 0 saturated carbocycles. The Bertz CT molecular complexity index is 553. The van der Waals surface area contributed by atoms with Crippen LogP contribution in [0.15, 0.2) is 24.5 Å². The molecule has 1 saturated heterocycles. The molecular weight excluding hydrogens is 248 g/mol. The van der Waals surface area contributed by atoms with Gasteiger partial charge in [-0.15, -0.1) is 0 Å². The summed E-state index contributed by atoms with van der Waals surface area (Å²) < 4.78 is 2.19. The number of rotatable bonds is 4. The minimum absolute atomic E-state index is 0.983. The number of fused-ring (bicyclic) bond motifs is 1. The van der Waals surface area contributed by atoms with Gasteiger partial charge in [0.2, 0.25) is 0 Å². The van der Waals surface area contributed by atoms with Crippen molar-refractivity contribution < 1.29 is 0 Å². The number of benzene rings is 1. The van der Waals surface area contributed by atoms with Crippen LogP contribution in [0.4, 0.5) is 0 Å². The van der Waals surface area contributed by atoms with Crippen LogP contribution in [0, 0.1) is 0 Å². The number of aryl methyl sites for hydroxylation is 1. The standard InChI is InChI=1S/C16H24N4/c1-2-20-13-18-15-12-14(4-5-16(15)20)6-10-19-9-3-7-17-8-11-19/h4-5,12-13,17H,2-3,6-11H2,1H3. The van der Waals surface area contributed by atoms with Crippen molar-refractivity contribution in [3.63, 3.8) is 0 Å². The summed E-state index contributed by atoms with van der Waals surface area (Å²) >= 11 is 0. The van der Waals surface area contributed by atoms with Gasteiger partial charge >= 0.3 is 0 Å². The van der Waals surface area contributed by atoms with Crippen molar-refractivity contribution in [3.05, 3.63) is 30.1 Å². The van der Waals surface area contributed by atoms with Crippen molar-refractivity contribution in [3.8, 4) is 0 Å². The summed E-state index contributed by atoms with van der Waals surface area (Å²) in [7, 11) is 0. The topological polar surface area (TPSA) is 33.1 Å². The second kappa shape index (κ2) is 6.37. The molecule has 1 aromatic carbocycles. The van der Waals surface area contributed by atoms with Crippen molar-refractivity contribution in [2.45, 2.75) is 26.3 Å². The average Bonchev–Trinajstić information content (AvgIpc) is 2.70. The van der Waals surface area contributed by atoms with Gasteiger partial charge in [-0.2, -0.15) is 0 Å². The molecule has 20 heavy (non-hydrogen) atoms. The highest BCUT2D eigenvalue weighted by molar-refractivity contribution is 5.76. The van der Waals surface area contributed by atoms with Gasteiger partial charge in [0.25, 0.3) is 0 Å². The van der Waals surface area contributed by atoms with Crippen LogP contribution in [0.5, 0.6) is 0 Å². The maximum absolute atomic E-state index is 4.50. The minimum Gasteiger partial charge on any atom is -0.331 e. The Labute approximate surface area is 120 Å². The molecule has 0 bridgehead atoms. The molecule has 4 heteroatoms. The summed E-state index contributed by atoms with van der Waals surface area (Å²) in [5.41, 5.74) is 3.77. The van der Waals surface area contributed by atoms with Crippen LogP contribution in [-0.2, 0) is 13.0 Å². The molecule has 0 aliphatic carbocycles. The SMILES string of the molecule is CCn1cnc2cc(CCN3CCCNCC3)ccc21. The molecule has 0 amide bonds. The second-order valence-corrected chi connectivity index (χ2v) is 5.55. The first kappa shape index (κ1) is 13.6. The van der Waals surface area contributed by atoms with E-state index in [-0.39, 0.29) is 0 Å². The van der Waals surface area contributed by atoms with Gasteiger partial charge in [0.1, 0.15) is 0 Å². The Morgan fingerprint density at radius 2 is 2.20 bits per heavy atom. The normalized spacial score (nSPS) is 17.4. The lowest BCUT2D eigenvalue weighted by atomic mass is 10.1. The largest absolute Gasteiger partial charge is 0.331 e. The third kappa shape index (κ3) is 3.02. The lowest BCUT2D eigenvalue weighted by Crippen LogP contribution is -2.30. The molecule has 0 atom stereocenters. The van der Waals surface area contributed by atoms with E-state index in [1.807, 2.05) is 6.33 Å². The monoisotopic (exact) mass is 272 g/mol. The van der Waals surface area contributed by atoms with E-state index in [4.69, 9.17) is 0 Å². The summed E-state index contributed by atoms with van der Waals surface area (Å²) in [6, 6.07) is 6.72. The Kier molecular flexibility index (Phi) is 4.33. The summed E-state index contributed by atoms with van der Waals surface area (Å²) in [4.78, 5) is 7.06. The van der Waals surface area contributed by atoms with Crippen molar-refractivity contribution in [1.82, 2.24) is 19.8 Å². The smallest absolute Gasteiger partial charge is 0.0958 e. The number of aromatic nitrogens is 2. The molecular formula is C16H24N4. The molecule has 1 aliphatic heterocycles. The molecule has 1 aromatic heterocycles. The van der Waals surface area contributed by atoms with Gasteiger partial charge < -0.3 is 14.8 Å². The third-order valence-corrected chi connectivity index (χ3v) is 4.18. The van der Waals surface area contributed by atoms with Crippen molar-refractivity contribution in [2.75, 3.05) is 32.7 Å². The van der Waals surface area contributed by atoms with Gasteiger partial charge in [-0.05, 0) is 50.6 Å². The van der Waals surface area contributed by atoms with Crippen molar-refractivity contribution in [2.24, 2.45) is 0 Å². The van der Waals surface area contributed by atoms with Crippen molar-refractivity contribution >= 4 is 11.0 Å². The number of nitrogens with one attached hydrogen (secondary N) is 1. The van der Waals surface area contributed by atoms with Gasteiger partial charge in [0.05, 0.1) is 17.4 Å². The molecule has 108 valence electrons. The van der Waals surface area contributed by atoms with E-state index < -0.39 is 0 Å². The fourth-order valence-corrected chi connectivity index (χ4v) is 2.93. The van der Waals surface area contributed by atoms with Crippen LogP contribution in [0.2, 0.25) is 0 Å². The lowest BCUT2D eigenvalue weighted by Gasteiger charge is -2.19. The van der Waals surface area contributed by atoms with Gasteiger partial charge in [-0.25, -0.2) is 4.98 Å². The van der Waals surface area contributed by atoms with E-state index in [2.05, 4.69) is 44.9 Å². The summed E-state index contributed by atoms with van der Waals surface area (Å²) in [5, 5.41) is 3.45. The highest BCUT2D eigenvalue weighted by Crippen LogP contribution is 2.15. The molecule has 1 aliphatic rings. The van der Waals surface area contributed by atoms with Crippen LogP contribution in [0.1, 0.15) is 18.9 Å². The fourth-order valence-electron chi connectivity index (χ4n) is 2.93. The third-order valence-electron chi connectivity index (χ3n) is 4.18. The van der Waals surface area contributed by atoms with Crippen LogP contribution < -0.4 is 5.32 Å². The Morgan fingerprint density at radius 3 is 3.10 bits per heavy atom. The van der Waals surface area contributed by atoms with Crippen LogP contribution in [0.25, 0.3) is 11.0 Å². The predicted octanol–water partition coefficient (Wildman–Crippen LogP) is 1.89. The molecule has 1 N–H and O–H groups in total. The van der Waals surface area contributed by atoms with E-state index in [1.54, 1.807) is 0 Å². The number of nitrogens with zero attached hydrogens (tertiary/aromatic N) is 3. The van der Waals surface area contributed by atoms with Crippen LogP contribution in [0.3, 0.4) is 0 Å². The molecule has 0 radical (unpaired) electrons. The first-order valence-electron chi connectivity index (χ1n) is 7.73. The Morgan fingerprint density at radius 1 is 1.25 bits per heavy atom. The first-order chi connectivity index (χ1) is 9.86. The van der Waals surface area contributed by atoms with Crippen molar-refractivity contribution in [1.29, 1.82) is 0 Å². The summed E-state index contributed by atoms with van der Waals surface area (Å²) in [5.74, 6) is 0. The molecule has 0 spiro atoms. The fraction of sp³-hybridized carbons (Fsp3) is 0.562. The summed E-state index contributed by atoms with van der Waals surface area (Å²) in [6.45, 7) is 8.98. The zero-order valence-electron chi connectivity index (χ0n) is 12.3. The number of imidazole rings is 1. The maximum Gasteiger partial charge on any atom is 0.0958 e. The molecule has 4 nitrogen and oxygen atoms in total. The molecule has 2 heterocycles. The quantitative estimate of drug-likeness (QED) is 0.923. The number of hydrogen-bond acceptors (Lipinski definition) is 3. The molecule has 2 aromatic rings. The summed E-state index contributed by atoms with van der Waals surface area (Å²) in [6.07, 6.45) is 4.32. The van der Waals surface area contributed by atoms with Gasteiger partial charge in [-0.3, -0.25) is 0 Å². The molecule has 3 rings (SSSR count). The van der Waals surface area contributed by atoms with E-state index in [1.165, 1.54) is 30.6 Å². The van der Waals surface area contributed by atoms with E-state index >= 15 is 0 Å². The highest BCUT2D eigenvalue weighted by Gasteiger charge is 2.09. The predicted molar refractivity (Wildman–Crippen MR) is 83.0 cm³/mol. The zero-order valence-corrected chi connectivity index (χ0v) is 12.3. The van der Waals surface area contributed by atoms with Gasteiger partial charge in [0.15, 0.2) is 0 Å². The van der Waals surface area contributed by atoms with Crippen LogP contribution in [-0.4, -0.2) is 47.2 Å². The maximum atomic E-state index is 4.50. The Balaban J connectivity index is 1.65. The highest BCUT2D eigenvalue weighted by atomic mass is 15.1. The lowest BCUT2D eigenvalue weighted by molar-refractivity contribution is 0.296. The van der Waals surface area contributed by atoms with E-state index in [0.717, 1.165) is 38.1 Å². The molecule has 1 fully saturated rings. The average molecular weight is 272 g/mol. The van der Waals surface area contributed by atoms with Gasteiger partial charge in [0, 0.05) is 26.2 Å².